The average Bonchev–Trinajstić information content (AvgIpc) is 3.25. The van der Waals surface area contributed by atoms with Crippen LogP contribution in [0.5, 0.6) is 0 Å². The van der Waals surface area contributed by atoms with Crippen LogP contribution in [0.15, 0.2) is 9.59 Å². The van der Waals surface area contributed by atoms with Gasteiger partial charge in [0, 0.05) is 45.8 Å². The fourth-order valence-electron chi connectivity index (χ4n) is 4.13. The number of fused-ring (bicyclic) bond motifs is 1. The minimum Gasteiger partial charge on any atom is -0.353 e. The lowest BCUT2D eigenvalue weighted by Crippen LogP contribution is -2.44. The second kappa shape index (κ2) is 8.36. The molecule has 2 aromatic heterocycles. The number of nitrogens with zero attached hydrogens (tertiary/aromatic N) is 6. The predicted molar refractivity (Wildman–Crippen MR) is 107 cm³/mol. The van der Waals surface area contributed by atoms with Crippen LogP contribution in [-0.2, 0) is 7.05 Å². The van der Waals surface area contributed by atoms with Crippen molar-refractivity contribution in [2.75, 3.05) is 44.6 Å². The third-order valence-electron chi connectivity index (χ3n) is 5.73. The van der Waals surface area contributed by atoms with Crippen LogP contribution < -0.4 is 21.9 Å². The summed E-state index contributed by atoms with van der Waals surface area (Å²) in [6.07, 6.45) is 4.95. The molecule has 1 aliphatic heterocycles. The van der Waals surface area contributed by atoms with Crippen LogP contribution in [0.25, 0.3) is 11.2 Å². The molecule has 1 aliphatic carbocycles. The van der Waals surface area contributed by atoms with Gasteiger partial charge in [-0.05, 0) is 25.8 Å². The molecule has 0 atom stereocenters. The van der Waals surface area contributed by atoms with Crippen LogP contribution in [0, 0.1) is 0 Å². The first kappa shape index (κ1) is 19.0. The molecule has 2 aromatic rings. The molecule has 0 bridgehead atoms. The summed E-state index contributed by atoms with van der Waals surface area (Å²) in [6.45, 7) is 5.94. The van der Waals surface area contributed by atoms with Crippen molar-refractivity contribution in [2.24, 2.45) is 7.05 Å². The van der Waals surface area contributed by atoms with Gasteiger partial charge in [0.2, 0.25) is 5.95 Å². The summed E-state index contributed by atoms with van der Waals surface area (Å²) in [4.78, 5) is 32.0. The van der Waals surface area contributed by atoms with Gasteiger partial charge in [0.15, 0.2) is 11.2 Å². The van der Waals surface area contributed by atoms with Gasteiger partial charge in [0.1, 0.15) is 0 Å². The first-order valence-electron chi connectivity index (χ1n) is 10.2. The SMILES string of the molecule is Cn1c(=O)c2nc(NCCCN3CCNCC3)nnc2n(C2CCCC2)c1=O. The Hall–Kier alpha value is -2.33. The molecule has 28 heavy (non-hydrogen) atoms. The first-order valence-corrected chi connectivity index (χ1v) is 10.2. The minimum absolute atomic E-state index is 0.0655. The predicted octanol–water partition coefficient (Wildman–Crippen LogP) is -0.292. The van der Waals surface area contributed by atoms with Gasteiger partial charge < -0.3 is 15.5 Å². The highest BCUT2D eigenvalue weighted by Crippen LogP contribution is 2.29. The zero-order valence-corrected chi connectivity index (χ0v) is 16.4. The Labute approximate surface area is 163 Å². The Bertz CT molecular complexity index is 941. The van der Waals surface area contributed by atoms with Crippen LogP contribution in [0.2, 0.25) is 0 Å². The highest BCUT2D eigenvalue weighted by Gasteiger charge is 2.24. The molecule has 2 aliphatic rings. The van der Waals surface area contributed by atoms with E-state index in [1.807, 2.05) is 0 Å². The highest BCUT2D eigenvalue weighted by atomic mass is 16.2. The van der Waals surface area contributed by atoms with Crippen molar-refractivity contribution in [3.63, 3.8) is 0 Å². The number of hydrogen-bond donors (Lipinski definition) is 2. The molecule has 1 saturated heterocycles. The Morgan fingerprint density at radius 3 is 2.64 bits per heavy atom. The van der Waals surface area contributed by atoms with Gasteiger partial charge in [0.25, 0.3) is 5.56 Å². The molecule has 0 aromatic carbocycles. The Morgan fingerprint density at radius 2 is 1.89 bits per heavy atom. The number of rotatable bonds is 6. The van der Waals surface area contributed by atoms with Gasteiger partial charge in [-0.25, -0.2) is 9.78 Å². The molecule has 0 spiro atoms. The fourth-order valence-corrected chi connectivity index (χ4v) is 4.13. The monoisotopic (exact) mass is 388 g/mol. The lowest BCUT2D eigenvalue weighted by atomic mass is 10.2. The normalized spacial score (nSPS) is 18.8. The van der Waals surface area contributed by atoms with Crippen LogP contribution in [-0.4, -0.2) is 68.5 Å². The number of aromatic nitrogens is 5. The van der Waals surface area contributed by atoms with Gasteiger partial charge in [-0.15, -0.1) is 10.2 Å². The first-order chi connectivity index (χ1) is 13.6. The van der Waals surface area contributed by atoms with E-state index in [9.17, 15) is 9.59 Å². The van der Waals surface area contributed by atoms with Crippen molar-refractivity contribution < 1.29 is 0 Å². The van der Waals surface area contributed by atoms with E-state index in [0.29, 0.717) is 18.1 Å². The van der Waals surface area contributed by atoms with Gasteiger partial charge >= 0.3 is 5.69 Å². The maximum Gasteiger partial charge on any atom is 0.332 e. The maximum absolute atomic E-state index is 12.6. The van der Waals surface area contributed by atoms with Crippen molar-refractivity contribution >= 4 is 17.1 Å². The Morgan fingerprint density at radius 1 is 1.14 bits per heavy atom. The molecule has 10 nitrogen and oxygen atoms in total. The standard InChI is InChI=1S/C18H28N8O2/c1-24-16(27)14-15(26(18(24)28)13-5-2-3-6-13)22-23-17(21-14)20-7-4-10-25-11-8-19-9-12-25/h13,19H,2-12H2,1H3,(H,20,21,23). The van der Waals surface area contributed by atoms with Crippen molar-refractivity contribution in [2.45, 2.75) is 38.1 Å². The van der Waals surface area contributed by atoms with E-state index >= 15 is 0 Å². The summed E-state index contributed by atoms with van der Waals surface area (Å²) in [5, 5.41) is 14.9. The van der Waals surface area contributed by atoms with Gasteiger partial charge in [-0.1, -0.05) is 12.8 Å². The summed E-state index contributed by atoms with van der Waals surface area (Å²) in [5.74, 6) is 0.335. The topological polar surface area (TPSA) is 110 Å². The quantitative estimate of drug-likeness (QED) is 0.650. The maximum atomic E-state index is 12.6. The highest BCUT2D eigenvalue weighted by molar-refractivity contribution is 5.69. The molecule has 2 fully saturated rings. The molecule has 4 rings (SSSR count). The van der Waals surface area contributed by atoms with Crippen molar-refractivity contribution in [1.82, 2.24) is 34.5 Å². The van der Waals surface area contributed by atoms with E-state index in [4.69, 9.17) is 0 Å². The van der Waals surface area contributed by atoms with Gasteiger partial charge in [-0.2, -0.15) is 0 Å². The molecule has 10 heteroatoms. The van der Waals surface area contributed by atoms with E-state index in [1.165, 1.54) is 7.05 Å². The van der Waals surface area contributed by atoms with Gasteiger partial charge in [-0.3, -0.25) is 13.9 Å². The number of hydrogen-bond acceptors (Lipinski definition) is 8. The van der Waals surface area contributed by atoms with Crippen LogP contribution in [0.4, 0.5) is 5.95 Å². The molecule has 0 radical (unpaired) electrons. The lowest BCUT2D eigenvalue weighted by molar-refractivity contribution is 0.240. The van der Waals surface area contributed by atoms with E-state index in [-0.39, 0.29) is 17.2 Å². The van der Waals surface area contributed by atoms with Gasteiger partial charge in [0.05, 0.1) is 0 Å². The Kier molecular flexibility index (Phi) is 5.67. The zero-order valence-electron chi connectivity index (χ0n) is 16.4. The lowest BCUT2D eigenvalue weighted by Gasteiger charge is -2.27. The van der Waals surface area contributed by atoms with Crippen molar-refractivity contribution in [3.05, 3.63) is 20.8 Å². The number of nitrogens with one attached hydrogen (secondary N) is 2. The second-order valence-electron chi connectivity index (χ2n) is 7.63. The Balaban J connectivity index is 1.51. The van der Waals surface area contributed by atoms with E-state index < -0.39 is 5.56 Å². The largest absolute Gasteiger partial charge is 0.353 e. The summed E-state index contributed by atoms with van der Waals surface area (Å²) < 4.78 is 2.74. The summed E-state index contributed by atoms with van der Waals surface area (Å²) >= 11 is 0. The fraction of sp³-hybridized carbons (Fsp3) is 0.722. The third-order valence-corrected chi connectivity index (χ3v) is 5.73. The van der Waals surface area contributed by atoms with Crippen molar-refractivity contribution in [1.29, 1.82) is 0 Å². The van der Waals surface area contributed by atoms with Crippen molar-refractivity contribution in [3.8, 4) is 0 Å². The summed E-state index contributed by atoms with van der Waals surface area (Å²) in [6, 6.07) is 0.0655. The number of piperazine rings is 1. The van der Waals surface area contributed by atoms with Crippen LogP contribution >= 0.6 is 0 Å². The molecule has 3 heterocycles. The number of anilines is 1. The molecule has 1 saturated carbocycles. The molecule has 2 N–H and O–H groups in total. The van der Waals surface area contributed by atoms with E-state index in [0.717, 1.165) is 69.4 Å². The van der Waals surface area contributed by atoms with Crippen LogP contribution in [0.3, 0.4) is 0 Å². The molecule has 0 amide bonds. The summed E-state index contributed by atoms with van der Waals surface area (Å²) in [7, 11) is 1.50. The minimum atomic E-state index is -0.423. The zero-order chi connectivity index (χ0) is 19.5. The average molecular weight is 388 g/mol. The van der Waals surface area contributed by atoms with E-state index in [1.54, 1.807) is 4.57 Å². The second-order valence-corrected chi connectivity index (χ2v) is 7.63. The smallest absolute Gasteiger partial charge is 0.332 e. The molecule has 0 unspecified atom stereocenters. The van der Waals surface area contributed by atoms with E-state index in [2.05, 4.69) is 30.7 Å². The molecule has 152 valence electrons. The molecular formula is C18H28N8O2. The molecular weight excluding hydrogens is 360 g/mol. The third kappa shape index (κ3) is 3.79. The summed E-state index contributed by atoms with van der Waals surface area (Å²) in [5.41, 5.74) is -0.259. The van der Waals surface area contributed by atoms with Crippen LogP contribution in [0.1, 0.15) is 38.1 Å².